The minimum atomic E-state index is 0.0550. The van der Waals surface area contributed by atoms with E-state index in [1.54, 1.807) is 12.1 Å². The first-order valence-electron chi connectivity index (χ1n) is 6.84. The van der Waals surface area contributed by atoms with Crippen LogP contribution < -0.4 is 0 Å². The molecular formula is C16H19ClN2O. The summed E-state index contributed by atoms with van der Waals surface area (Å²) in [6.45, 7) is 6.15. The Kier molecular flexibility index (Phi) is 4.61. The van der Waals surface area contributed by atoms with E-state index in [1.165, 1.54) is 0 Å². The zero-order valence-corrected chi connectivity index (χ0v) is 12.8. The summed E-state index contributed by atoms with van der Waals surface area (Å²) in [4.78, 5) is 12.3. The maximum absolute atomic E-state index is 12.3. The molecule has 1 aromatic carbocycles. The van der Waals surface area contributed by atoms with Crippen molar-refractivity contribution < 1.29 is 4.79 Å². The quantitative estimate of drug-likeness (QED) is 0.772. The maximum Gasteiger partial charge on any atom is 0.169 e. The third-order valence-corrected chi connectivity index (χ3v) is 3.78. The SMILES string of the molecule is CCC(C)n1ccc(CC(=O)c2cc(Cl)ccc2C)n1. The third kappa shape index (κ3) is 3.28. The second-order valence-electron chi connectivity index (χ2n) is 5.10. The number of ketones is 1. The first-order chi connectivity index (χ1) is 9.51. The fourth-order valence-corrected chi connectivity index (χ4v) is 2.23. The van der Waals surface area contributed by atoms with Gasteiger partial charge in [0.1, 0.15) is 0 Å². The number of carbonyl (C=O) groups excluding carboxylic acids is 1. The largest absolute Gasteiger partial charge is 0.294 e. The molecule has 3 nitrogen and oxygen atoms in total. The molecule has 0 saturated heterocycles. The van der Waals surface area contributed by atoms with Crippen molar-refractivity contribution in [3.8, 4) is 0 Å². The molecule has 0 saturated carbocycles. The van der Waals surface area contributed by atoms with E-state index < -0.39 is 0 Å². The van der Waals surface area contributed by atoms with Crippen LogP contribution in [0.15, 0.2) is 30.5 Å². The fraction of sp³-hybridized carbons (Fsp3) is 0.375. The number of carbonyl (C=O) groups is 1. The molecule has 0 bridgehead atoms. The van der Waals surface area contributed by atoms with E-state index >= 15 is 0 Å². The lowest BCUT2D eigenvalue weighted by molar-refractivity contribution is 0.0991. The molecule has 1 aromatic heterocycles. The predicted octanol–water partition coefficient (Wildman–Crippen LogP) is 4.24. The topological polar surface area (TPSA) is 34.9 Å². The standard InChI is InChI=1S/C16H19ClN2O/c1-4-12(3)19-8-7-14(18-19)10-16(20)15-9-13(17)6-5-11(15)2/h5-9,12H,4,10H2,1-3H3. The molecule has 20 heavy (non-hydrogen) atoms. The van der Waals surface area contributed by atoms with Crippen LogP contribution in [-0.2, 0) is 6.42 Å². The first-order valence-corrected chi connectivity index (χ1v) is 7.22. The number of hydrogen-bond donors (Lipinski definition) is 0. The molecule has 0 radical (unpaired) electrons. The molecular weight excluding hydrogens is 272 g/mol. The Hall–Kier alpha value is -1.61. The van der Waals surface area contributed by atoms with E-state index in [0.29, 0.717) is 23.0 Å². The van der Waals surface area contributed by atoms with Crippen molar-refractivity contribution in [3.05, 3.63) is 52.3 Å². The van der Waals surface area contributed by atoms with Crippen LogP contribution in [0.3, 0.4) is 0 Å². The number of rotatable bonds is 5. The summed E-state index contributed by atoms with van der Waals surface area (Å²) in [6.07, 6.45) is 3.26. The number of aryl methyl sites for hydroxylation is 1. The molecule has 4 heteroatoms. The Morgan fingerprint density at radius 2 is 2.15 bits per heavy atom. The molecule has 106 valence electrons. The molecule has 0 aliphatic heterocycles. The Labute approximate surface area is 124 Å². The zero-order chi connectivity index (χ0) is 14.7. The summed E-state index contributed by atoms with van der Waals surface area (Å²) in [6, 6.07) is 7.65. The van der Waals surface area contributed by atoms with E-state index in [-0.39, 0.29) is 5.78 Å². The van der Waals surface area contributed by atoms with Gasteiger partial charge < -0.3 is 0 Å². The van der Waals surface area contributed by atoms with Crippen molar-refractivity contribution in [1.29, 1.82) is 0 Å². The molecule has 0 aliphatic rings. The number of benzene rings is 1. The Morgan fingerprint density at radius 1 is 1.40 bits per heavy atom. The minimum absolute atomic E-state index is 0.0550. The van der Waals surface area contributed by atoms with Crippen LogP contribution in [0.4, 0.5) is 0 Å². The van der Waals surface area contributed by atoms with Crippen LogP contribution in [-0.4, -0.2) is 15.6 Å². The average Bonchev–Trinajstić information content (AvgIpc) is 2.89. The highest BCUT2D eigenvalue weighted by Gasteiger charge is 2.13. The maximum atomic E-state index is 12.3. The zero-order valence-electron chi connectivity index (χ0n) is 12.1. The smallest absolute Gasteiger partial charge is 0.169 e. The molecule has 2 rings (SSSR count). The number of halogens is 1. The van der Waals surface area contributed by atoms with Crippen LogP contribution >= 0.6 is 11.6 Å². The van der Waals surface area contributed by atoms with Crippen LogP contribution in [0.1, 0.15) is 47.9 Å². The van der Waals surface area contributed by atoms with Gasteiger partial charge in [-0.1, -0.05) is 24.6 Å². The van der Waals surface area contributed by atoms with Crippen LogP contribution in [0, 0.1) is 6.92 Å². The monoisotopic (exact) mass is 290 g/mol. The van der Waals surface area contributed by atoms with Gasteiger partial charge in [-0.15, -0.1) is 0 Å². The lowest BCUT2D eigenvalue weighted by Gasteiger charge is -2.08. The lowest BCUT2D eigenvalue weighted by atomic mass is 10.0. The lowest BCUT2D eigenvalue weighted by Crippen LogP contribution is -2.08. The summed E-state index contributed by atoms with van der Waals surface area (Å²) in [7, 11) is 0. The van der Waals surface area contributed by atoms with Gasteiger partial charge in [0.2, 0.25) is 0 Å². The first kappa shape index (κ1) is 14.8. The van der Waals surface area contributed by atoms with Gasteiger partial charge >= 0.3 is 0 Å². The van der Waals surface area contributed by atoms with Gasteiger partial charge in [0, 0.05) is 22.8 Å². The third-order valence-electron chi connectivity index (χ3n) is 3.55. The second kappa shape index (κ2) is 6.23. The fourth-order valence-electron chi connectivity index (χ4n) is 2.06. The summed E-state index contributed by atoms with van der Waals surface area (Å²) in [5.74, 6) is 0.0550. The van der Waals surface area contributed by atoms with E-state index in [2.05, 4.69) is 18.9 Å². The van der Waals surface area contributed by atoms with Gasteiger partial charge in [-0.2, -0.15) is 5.10 Å². The van der Waals surface area contributed by atoms with Gasteiger partial charge in [0.15, 0.2) is 5.78 Å². The van der Waals surface area contributed by atoms with Crippen molar-refractivity contribution >= 4 is 17.4 Å². The van der Waals surface area contributed by atoms with Crippen molar-refractivity contribution in [2.45, 2.75) is 39.7 Å². The molecule has 0 N–H and O–H groups in total. The van der Waals surface area contributed by atoms with Crippen molar-refractivity contribution in [1.82, 2.24) is 9.78 Å². The summed E-state index contributed by atoms with van der Waals surface area (Å²) >= 11 is 5.96. The summed E-state index contributed by atoms with van der Waals surface area (Å²) < 4.78 is 1.91. The second-order valence-corrected chi connectivity index (χ2v) is 5.54. The molecule has 1 atom stereocenters. The molecule has 1 heterocycles. The molecule has 0 fully saturated rings. The molecule has 2 aromatic rings. The number of aromatic nitrogens is 2. The predicted molar refractivity (Wildman–Crippen MR) is 81.5 cm³/mol. The highest BCUT2D eigenvalue weighted by atomic mass is 35.5. The summed E-state index contributed by atoms with van der Waals surface area (Å²) in [5, 5.41) is 5.05. The Morgan fingerprint density at radius 3 is 2.85 bits per heavy atom. The van der Waals surface area contributed by atoms with E-state index in [1.807, 2.05) is 29.9 Å². The van der Waals surface area contributed by atoms with E-state index in [0.717, 1.165) is 17.7 Å². The number of Topliss-reactive ketones (excluding diaryl/α,β-unsaturated/α-hetero) is 1. The molecule has 0 spiro atoms. The van der Waals surface area contributed by atoms with Gasteiger partial charge in [-0.25, -0.2) is 0 Å². The van der Waals surface area contributed by atoms with Crippen molar-refractivity contribution in [3.63, 3.8) is 0 Å². The normalized spacial score (nSPS) is 12.4. The molecule has 0 amide bonds. The highest BCUT2D eigenvalue weighted by Crippen LogP contribution is 2.18. The van der Waals surface area contributed by atoms with Gasteiger partial charge in [0.05, 0.1) is 12.1 Å². The van der Waals surface area contributed by atoms with Crippen LogP contribution in [0.5, 0.6) is 0 Å². The number of nitrogens with zero attached hydrogens (tertiary/aromatic N) is 2. The summed E-state index contributed by atoms with van der Waals surface area (Å²) in [5.41, 5.74) is 2.42. The molecule has 1 unspecified atom stereocenters. The van der Waals surface area contributed by atoms with E-state index in [4.69, 9.17) is 11.6 Å². The van der Waals surface area contributed by atoms with Crippen molar-refractivity contribution in [2.75, 3.05) is 0 Å². The van der Waals surface area contributed by atoms with Gasteiger partial charge in [-0.05, 0) is 44.0 Å². The van der Waals surface area contributed by atoms with Crippen molar-refractivity contribution in [2.24, 2.45) is 0 Å². The number of hydrogen-bond acceptors (Lipinski definition) is 2. The Bertz CT molecular complexity index is 619. The van der Waals surface area contributed by atoms with Crippen LogP contribution in [0.25, 0.3) is 0 Å². The van der Waals surface area contributed by atoms with Gasteiger partial charge in [-0.3, -0.25) is 9.48 Å². The highest BCUT2D eigenvalue weighted by molar-refractivity contribution is 6.31. The van der Waals surface area contributed by atoms with Crippen LogP contribution in [0.2, 0.25) is 5.02 Å². The minimum Gasteiger partial charge on any atom is -0.294 e. The average molecular weight is 291 g/mol. The van der Waals surface area contributed by atoms with E-state index in [9.17, 15) is 4.79 Å². The molecule has 0 aliphatic carbocycles. The van der Waals surface area contributed by atoms with Gasteiger partial charge in [0.25, 0.3) is 0 Å². The Balaban J connectivity index is 2.15.